The predicted octanol–water partition coefficient (Wildman–Crippen LogP) is 5.44. The highest BCUT2D eigenvalue weighted by molar-refractivity contribution is 5.79. The maximum absolute atomic E-state index is 13.2. The summed E-state index contributed by atoms with van der Waals surface area (Å²) in [5.41, 5.74) is 6.92. The first kappa shape index (κ1) is 29.4. The second-order valence-corrected chi connectivity index (χ2v) is 10.3. The molecule has 40 heavy (non-hydrogen) atoms. The SMILES string of the molecule is C=C/C=C(\C=C/N)CN1CCC(C(=O)N2CCN(Cc3cccc(Oc4cccc(C(F)(F)F)c4)c3)CC2)CC1. The van der Waals surface area contributed by atoms with Crippen molar-refractivity contribution in [3.05, 3.63) is 96.2 Å². The first-order valence-electron chi connectivity index (χ1n) is 13.6. The summed E-state index contributed by atoms with van der Waals surface area (Å²) in [7, 11) is 0. The Morgan fingerprint density at radius 1 is 0.975 bits per heavy atom. The van der Waals surface area contributed by atoms with Gasteiger partial charge in [-0.25, -0.2) is 0 Å². The van der Waals surface area contributed by atoms with Crippen molar-refractivity contribution in [2.75, 3.05) is 45.8 Å². The van der Waals surface area contributed by atoms with Gasteiger partial charge in [-0.05, 0) is 79.7 Å². The first-order valence-corrected chi connectivity index (χ1v) is 13.6. The summed E-state index contributed by atoms with van der Waals surface area (Å²) in [5, 5.41) is 0. The van der Waals surface area contributed by atoms with Gasteiger partial charge in [0.25, 0.3) is 0 Å². The molecule has 0 atom stereocenters. The van der Waals surface area contributed by atoms with Crippen LogP contribution in [0.15, 0.2) is 85.1 Å². The second kappa shape index (κ2) is 13.7. The molecule has 1 amide bonds. The van der Waals surface area contributed by atoms with Crippen LogP contribution >= 0.6 is 0 Å². The predicted molar refractivity (Wildman–Crippen MR) is 151 cm³/mol. The number of hydrogen-bond donors (Lipinski definition) is 1. The Balaban J connectivity index is 1.24. The number of rotatable bonds is 9. The average molecular weight is 555 g/mol. The minimum atomic E-state index is -4.42. The van der Waals surface area contributed by atoms with Crippen LogP contribution < -0.4 is 10.5 Å². The van der Waals surface area contributed by atoms with Gasteiger partial charge in [-0.2, -0.15) is 13.2 Å². The molecule has 2 aromatic carbocycles. The number of nitrogens with two attached hydrogens (primary N) is 1. The molecule has 2 saturated heterocycles. The van der Waals surface area contributed by atoms with E-state index >= 15 is 0 Å². The van der Waals surface area contributed by atoms with Gasteiger partial charge < -0.3 is 15.4 Å². The summed E-state index contributed by atoms with van der Waals surface area (Å²) in [6, 6.07) is 12.3. The fourth-order valence-electron chi connectivity index (χ4n) is 5.25. The molecule has 214 valence electrons. The lowest BCUT2D eigenvalue weighted by atomic mass is 9.94. The molecule has 0 spiro atoms. The minimum absolute atomic E-state index is 0.0596. The van der Waals surface area contributed by atoms with Crippen molar-refractivity contribution in [2.24, 2.45) is 11.7 Å². The van der Waals surface area contributed by atoms with Gasteiger partial charge in [-0.1, -0.05) is 36.9 Å². The Morgan fingerprint density at radius 2 is 1.65 bits per heavy atom. The molecular weight excluding hydrogens is 517 g/mol. The van der Waals surface area contributed by atoms with Gasteiger partial charge in [0, 0.05) is 45.2 Å². The van der Waals surface area contributed by atoms with E-state index in [1.165, 1.54) is 18.3 Å². The van der Waals surface area contributed by atoms with Crippen LogP contribution in [0.1, 0.15) is 24.0 Å². The number of nitrogens with zero attached hydrogens (tertiary/aromatic N) is 3. The molecule has 6 nitrogen and oxygen atoms in total. The number of alkyl halides is 3. The molecule has 9 heteroatoms. The van der Waals surface area contributed by atoms with E-state index in [4.69, 9.17) is 10.5 Å². The molecule has 0 radical (unpaired) electrons. The van der Waals surface area contributed by atoms with Crippen LogP contribution in [0.3, 0.4) is 0 Å². The molecule has 0 bridgehead atoms. The number of likely N-dealkylation sites (tertiary alicyclic amines) is 1. The molecule has 0 unspecified atom stereocenters. The quantitative estimate of drug-likeness (QED) is 0.419. The van der Waals surface area contributed by atoms with Gasteiger partial charge in [-0.15, -0.1) is 0 Å². The number of halogens is 3. The fraction of sp³-hybridized carbons (Fsp3) is 0.387. The maximum atomic E-state index is 13.2. The van der Waals surface area contributed by atoms with E-state index in [1.54, 1.807) is 12.1 Å². The monoisotopic (exact) mass is 554 g/mol. The van der Waals surface area contributed by atoms with E-state index in [0.717, 1.165) is 68.8 Å². The highest BCUT2D eigenvalue weighted by atomic mass is 19.4. The fourth-order valence-corrected chi connectivity index (χ4v) is 5.25. The third-order valence-electron chi connectivity index (χ3n) is 7.37. The highest BCUT2D eigenvalue weighted by Crippen LogP contribution is 2.33. The van der Waals surface area contributed by atoms with Crippen molar-refractivity contribution in [1.29, 1.82) is 0 Å². The zero-order valence-corrected chi connectivity index (χ0v) is 22.7. The van der Waals surface area contributed by atoms with Gasteiger partial charge in [-0.3, -0.25) is 14.6 Å². The maximum Gasteiger partial charge on any atom is 0.416 e. The Labute approximate surface area is 234 Å². The Bertz CT molecular complexity index is 1210. The third-order valence-corrected chi connectivity index (χ3v) is 7.37. The van der Waals surface area contributed by atoms with Gasteiger partial charge in [0.2, 0.25) is 5.91 Å². The second-order valence-electron chi connectivity index (χ2n) is 10.3. The van der Waals surface area contributed by atoms with Crippen LogP contribution in [0.25, 0.3) is 0 Å². The Kier molecular flexibility index (Phi) is 10.1. The zero-order chi connectivity index (χ0) is 28.5. The standard InChI is InChI=1S/C31H37F3N4O2/c1-2-5-24(10-13-35)22-36-14-11-26(12-15-36)30(39)38-18-16-37(17-19-38)23-25-6-3-8-28(20-25)40-29-9-4-7-27(21-29)31(32,33)34/h2-10,13,20-21,26H,1,11-12,14-19,22-23,35H2/b13-10-,24-5+. The van der Waals surface area contributed by atoms with Crippen molar-refractivity contribution in [3.8, 4) is 11.5 Å². The number of carbonyl (C=O) groups is 1. The van der Waals surface area contributed by atoms with Crippen LogP contribution in [0.5, 0.6) is 11.5 Å². The summed E-state index contributed by atoms with van der Waals surface area (Å²) in [6.07, 6.45) is 4.43. The van der Waals surface area contributed by atoms with E-state index in [0.29, 0.717) is 25.4 Å². The number of ether oxygens (including phenoxy) is 1. The van der Waals surface area contributed by atoms with Crippen LogP contribution in [0, 0.1) is 5.92 Å². The summed E-state index contributed by atoms with van der Waals surface area (Å²) >= 11 is 0. The van der Waals surface area contributed by atoms with E-state index in [2.05, 4.69) is 16.4 Å². The highest BCUT2D eigenvalue weighted by Gasteiger charge is 2.31. The van der Waals surface area contributed by atoms with Crippen LogP contribution in [0.2, 0.25) is 0 Å². The molecule has 2 aromatic rings. The number of allylic oxidation sites excluding steroid dienone is 2. The van der Waals surface area contributed by atoms with Crippen LogP contribution in [0.4, 0.5) is 13.2 Å². The van der Waals surface area contributed by atoms with Crippen molar-refractivity contribution in [1.82, 2.24) is 14.7 Å². The molecule has 2 aliphatic heterocycles. The van der Waals surface area contributed by atoms with E-state index in [9.17, 15) is 18.0 Å². The van der Waals surface area contributed by atoms with E-state index < -0.39 is 11.7 Å². The van der Waals surface area contributed by atoms with Crippen molar-refractivity contribution in [3.63, 3.8) is 0 Å². The van der Waals surface area contributed by atoms with Crippen molar-refractivity contribution in [2.45, 2.75) is 25.6 Å². The number of piperazine rings is 1. The van der Waals surface area contributed by atoms with Crippen LogP contribution in [-0.4, -0.2) is 66.4 Å². The minimum Gasteiger partial charge on any atom is -0.457 e. The number of piperidine rings is 1. The van der Waals surface area contributed by atoms with Crippen molar-refractivity contribution >= 4 is 5.91 Å². The molecule has 2 N–H and O–H groups in total. The topological polar surface area (TPSA) is 62.0 Å². The zero-order valence-electron chi connectivity index (χ0n) is 22.7. The smallest absolute Gasteiger partial charge is 0.416 e. The summed E-state index contributed by atoms with van der Waals surface area (Å²) in [6.45, 7) is 9.90. The number of hydrogen-bond acceptors (Lipinski definition) is 5. The lowest BCUT2D eigenvalue weighted by molar-refractivity contribution is -0.139. The van der Waals surface area contributed by atoms with Gasteiger partial charge in [0.1, 0.15) is 11.5 Å². The first-order chi connectivity index (χ1) is 19.2. The van der Waals surface area contributed by atoms with Gasteiger partial charge >= 0.3 is 6.18 Å². The summed E-state index contributed by atoms with van der Waals surface area (Å²) in [4.78, 5) is 19.8. The van der Waals surface area contributed by atoms with Gasteiger partial charge in [0.05, 0.1) is 5.56 Å². The molecule has 2 aliphatic rings. The molecule has 2 fully saturated rings. The average Bonchev–Trinajstić information content (AvgIpc) is 2.94. The number of amides is 1. The molecule has 0 aromatic heterocycles. The lowest BCUT2D eigenvalue weighted by Crippen LogP contribution is -2.51. The third kappa shape index (κ3) is 8.22. The molecule has 4 rings (SSSR count). The molecular formula is C31H37F3N4O2. The Hall–Kier alpha value is -3.56. The number of benzene rings is 2. The molecule has 0 saturated carbocycles. The summed E-state index contributed by atoms with van der Waals surface area (Å²) < 4.78 is 44.8. The lowest BCUT2D eigenvalue weighted by Gasteiger charge is -2.38. The van der Waals surface area contributed by atoms with E-state index in [1.807, 2.05) is 35.3 Å². The largest absolute Gasteiger partial charge is 0.457 e. The summed E-state index contributed by atoms with van der Waals surface area (Å²) in [5.74, 6) is 0.943. The molecule has 2 heterocycles. The van der Waals surface area contributed by atoms with Crippen molar-refractivity contribution < 1.29 is 22.7 Å². The Morgan fingerprint density at radius 3 is 2.30 bits per heavy atom. The van der Waals surface area contributed by atoms with Gasteiger partial charge in [0.15, 0.2) is 0 Å². The van der Waals surface area contributed by atoms with E-state index in [-0.39, 0.29) is 17.6 Å². The van der Waals surface area contributed by atoms with Crippen LogP contribution in [-0.2, 0) is 17.5 Å². The normalized spacial score (nSPS) is 18.3. The molecule has 0 aliphatic carbocycles. The number of carbonyl (C=O) groups excluding carboxylic acids is 1.